The van der Waals surface area contributed by atoms with E-state index >= 15 is 0 Å². The number of methoxy groups -OCH3 is 3. The summed E-state index contributed by atoms with van der Waals surface area (Å²) in [6, 6.07) is 7.79. The molecule has 0 saturated heterocycles. The third-order valence-electron chi connectivity index (χ3n) is 4.43. The number of pyridine rings is 1. The molecule has 0 unspecified atom stereocenters. The standard InChI is InChI=1S/C20H20N4O3S/c1-25-15-7-12(8-16(26-2)18(15)27-3)9-22-20-23-10-13-11-28-19-14(17(13)24-20)5-4-6-21-19/h4-8,10H,9,11H2,1-3H3,(H,22,23,24). The second kappa shape index (κ2) is 7.93. The first-order valence-corrected chi connectivity index (χ1v) is 9.69. The smallest absolute Gasteiger partial charge is 0.223 e. The van der Waals surface area contributed by atoms with Gasteiger partial charge in [0.2, 0.25) is 11.7 Å². The molecule has 8 heteroatoms. The molecule has 0 atom stereocenters. The number of hydrogen-bond acceptors (Lipinski definition) is 8. The van der Waals surface area contributed by atoms with E-state index in [0.29, 0.717) is 29.7 Å². The van der Waals surface area contributed by atoms with Gasteiger partial charge in [-0.2, -0.15) is 0 Å². The third-order valence-corrected chi connectivity index (χ3v) is 5.48. The van der Waals surface area contributed by atoms with Crippen molar-refractivity contribution in [3.8, 4) is 28.5 Å². The molecule has 0 aliphatic carbocycles. The Labute approximate surface area is 167 Å². The molecule has 3 heterocycles. The molecular formula is C20H20N4O3S. The van der Waals surface area contributed by atoms with Gasteiger partial charge in [-0.05, 0) is 29.8 Å². The highest BCUT2D eigenvalue weighted by Gasteiger charge is 2.20. The zero-order valence-electron chi connectivity index (χ0n) is 15.9. The number of ether oxygens (including phenoxy) is 3. The van der Waals surface area contributed by atoms with Gasteiger partial charge in [-0.15, -0.1) is 11.8 Å². The number of nitrogens with one attached hydrogen (secondary N) is 1. The van der Waals surface area contributed by atoms with Gasteiger partial charge in [0.25, 0.3) is 0 Å². The molecule has 2 aromatic heterocycles. The Hall–Kier alpha value is -3.00. The van der Waals surface area contributed by atoms with Crippen LogP contribution in [0, 0.1) is 0 Å². The minimum absolute atomic E-state index is 0.518. The highest BCUT2D eigenvalue weighted by molar-refractivity contribution is 7.98. The van der Waals surface area contributed by atoms with E-state index in [1.165, 1.54) is 0 Å². The van der Waals surface area contributed by atoms with Gasteiger partial charge in [0.1, 0.15) is 5.03 Å². The van der Waals surface area contributed by atoms with E-state index in [4.69, 9.17) is 19.2 Å². The molecule has 0 amide bonds. The molecule has 3 aromatic rings. The summed E-state index contributed by atoms with van der Waals surface area (Å²) in [7, 11) is 4.79. The zero-order chi connectivity index (χ0) is 19.5. The van der Waals surface area contributed by atoms with E-state index in [1.54, 1.807) is 33.1 Å². The van der Waals surface area contributed by atoms with Crippen LogP contribution in [0.2, 0.25) is 0 Å². The third kappa shape index (κ3) is 3.43. The molecule has 1 aromatic carbocycles. The highest BCUT2D eigenvalue weighted by atomic mass is 32.2. The van der Waals surface area contributed by atoms with E-state index in [-0.39, 0.29) is 0 Å². The van der Waals surface area contributed by atoms with Gasteiger partial charge in [-0.1, -0.05) is 0 Å². The number of fused-ring (bicyclic) bond motifs is 3. The monoisotopic (exact) mass is 396 g/mol. The Bertz CT molecular complexity index is 987. The number of benzene rings is 1. The minimum Gasteiger partial charge on any atom is -0.493 e. The molecule has 0 saturated carbocycles. The lowest BCUT2D eigenvalue weighted by molar-refractivity contribution is 0.324. The Balaban J connectivity index is 1.59. The quantitative estimate of drug-likeness (QED) is 0.674. The first kappa shape index (κ1) is 18.4. The molecule has 0 bridgehead atoms. The van der Waals surface area contributed by atoms with E-state index in [9.17, 15) is 0 Å². The van der Waals surface area contributed by atoms with Crippen molar-refractivity contribution in [2.75, 3.05) is 26.6 Å². The predicted octanol–water partition coefficient (Wildman–Crippen LogP) is 3.78. The maximum atomic E-state index is 5.41. The summed E-state index contributed by atoms with van der Waals surface area (Å²) >= 11 is 1.71. The number of hydrogen-bond donors (Lipinski definition) is 1. The number of nitrogens with zero attached hydrogens (tertiary/aromatic N) is 3. The van der Waals surface area contributed by atoms with Gasteiger partial charge in [0.15, 0.2) is 11.5 Å². The fourth-order valence-corrected chi connectivity index (χ4v) is 4.04. The fraction of sp³-hybridized carbons (Fsp3) is 0.250. The lowest BCUT2D eigenvalue weighted by Crippen LogP contribution is -2.08. The van der Waals surface area contributed by atoms with E-state index in [2.05, 4.69) is 15.3 Å². The van der Waals surface area contributed by atoms with Crippen LogP contribution in [-0.2, 0) is 12.3 Å². The summed E-state index contributed by atoms with van der Waals surface area (Å²) in [6.45, 7) is 0.518. The van der Waals surface area contributed by atoms with Crippen molar-refractivity contribution < 1.29 is 14.2 Å². The summed E-state index contributed by atoms with van der Waals surface area (Å²) in [6.07, 6.45) is 3.68. The van der Waals surface area contributed by atoms with Crippen molar-refractivity contribution >= 4 is 17.7 Å². The average Bonchev–Trinajstić information content (AvgIpc) is 2.76. The van der Waals surface area contributed by atoms with Crippen molar-refractivity contribution in [2.24, 2.45) is 0 Å². The molecule has 0 spiro atoms. The van der Waals surface area contributed by atoms with Gasteiger partial charge in [-0.25, -0.2) is 15.0 Å². The van der Waals surface area contributed by atoms with Crippen molar-refractivity contribution in [1.29, 1.82) is 0 Å². The predicted molar refractivity (Wildman–Crippen MR) is 108 cm³/mol. The van der Waals surface area contributed by atoms with E-state index in [0.717, 1.165) is 33.2 Å². The molecule has 1 N–H and O–H groups in total. The molecule has 7 nitrogen and oxygen atoms in total. The normalized spacial score (nSPS) is 12.0. The van der Waals surface area contributed by atoms with E-state index < -0.39 is 0 Å². The summed E-state index contributed by atoms with van der Waals surface area (Å²) in [4.78, 5) is 13.6. The molecular weight excluding hydrogens is 376 g/mol. The Morgan fingerprint density at radius 2 is 1.86 bits per heavy atom. The lowest BCUT2D eigenvalue weighted by atomic mass is 10.1. The Morgan fingerprint density at radius 1 is 1.07 bits per heavy atom. The zero-order valence-corrected chi connectivity index (χ0v) is 16.7. The van der Waals surface area contributed by atoms with Crippen LogP contribution in [0.4, 0.5) is 5.95 Å². The molecule has 1 aliphatic heterocycles. The summed E-state index contributed by atoms with van der Waals surface area (Å²) in [5.74, 6) is 3.19. The van der Waals surface area contributed by atoms with Crippen LogP contribution in [0.5, 0.6) is 17.2 Å². The van der Waals surface area contributed by atoms with E-state index in [1.807, 2.05) is 36.7 Å². The second-order valence-corrected chi connectivity index (χ2v) is 7.06. The van der Waals surface area contributed by atoms with Crippen LogP contribution in [0.1, 0.15) is 11.1 Å². The number of aromatic nitrogens is 3. The van der Waals surface area contributed by atoms with Crippen LogP contribution in [-0.4, -0.2) is 36.3 Å². The lowest BCUT2D eigenvalue weighted by Gasteiger charge is -2.18. The molecule has 4 rings (SSSR count). The summed E-state index contributed by atoms with van der Waals surface area (Å²) < 4.78 is 16.2. The molecule has 1 aliphatic rings. The Morgan fingerprint density at radius 3 is 2.57 bits per heavy atom. The fourth-order valence-electron chi connectivity index (χ4n) is 3.08. The maximum absolute atomic E-state index is 5.41. The average molecular weight is 396 g/mol. The van der Waals surface area contributed by atoms with Crippen molar-refractivity contribution in [2.45, 2.75) is 17.3 Å². The minimum atomic E-state index is 0.518. The van der Waals surface area contributed by atoms with Gasteiger partial charge < -0.3 is 19.5 Å². The van der Waals surface area contributed by atoms with Crippen LogP contribution in [0.15, 0.2) is 41.7 Å². The largest absolute Gasteiger partial charge is 0.493 e. The highest BCUT2D eigenvalue weighted by Crippen LogP contribution is 2.40. The maximum Gasteiger partial charge on any atom is 0.223 e. The van der Waals surface area contributed by atoms with Crippen molar-refractivity contribution in [1.82, 2.24) is 15.0 Å². The van der Waals surface area contributed by atoms with Crippen LogP contribution in [0.25, 0.3) is 11.3 Å². The van der Waals surface area contributed by atoms with Gasteiger partial charge >= 0.3 is 0 Å². The van der Waals surface area contributed by atoms with Gasteiger partial charge in [-0.3, -0.25) is 0 Å². The van der Waals surface area contributed by atoms with Crippen molar-refractivity contribution in [3.05, 3.63) is 47.8 Å². The van der Waals surface area contributed by atoms with Gasteiger partial charge in [0.05, 0.1) is 27.0 Å². The van der Waals surface area contributed by atoms with Gasteiger partial charge in [0, 0.05) is 35.8 Å². The molecule has 28 heavy (non-hydrogen) atoms. The molecule has 0 fully saturated rings. The molecule has 0 radical (unpaired) electrons. The number of thioether (sulfide) groups is 1. The van der Waals surface area contributed by atoms with Crippen LogP contribution >= 0.6 is 11.8 Å². The summed E-state index contributed by atoms with van der Waals surface area (Å²) in [5.41, 5.74) is 4.06. The van der Waals surface area contributed by atoms with Crippen LogP contribution in [0.3, 0.4) is 0 Å². The summed E-state index contributed by atoms with van der Waals surface area (Å²) in [5, 5.41) is 4.28. The first-order chi connectivity index (χ1) is 13.7. The number of anilines is 1. The van der Waals surface area contributed by atoms with Crippen LogP contribution < -0.4 is 19.5 Å². The topological polar surface area (TPSA) is 78.4 Å². The number of rotatable bonds is 6. The Kier molecular flexibility index (Phi) is 5.21. The first-order valence-electron chi connectivity index (χ1n) is 8.70. The molecule has 144 valence electrons. The second-order valence-electron chi connectivity index (χ2n) is 6.10. The SMILES string of the molecule is COc1cc(CNc2ncc3c(n2)-c2cccnc2SC3)cc(OC)c1OC. The van der Waals surface area contributed by atoms with Crippen molar-refractivity contribution in [3.63, 3.8) is 0 Å².